The lowest BCUT2D eigenvalue weighted by atomic mass is 9.75. The first kappa shape index (κ1) is 6.61. The fourth-order valence-corrected chi connectivity index (χ4v) is 0.676. The highest BCUT2D eigenvalue weighted by Crippen LogP contribution is 2.14. The van der Waals surface area contributed by atoms with Crippen molar-refractivity contribution in [2.75, 3.05) is 6.61 Å². The highest BCUT2D eigenvalue weighted by atomic mass is 16.7. The summed E-state index contributed by atoms with van der Waals surface area (Å²) in [6.07, 6.45) is 0. The summed E-state index contributed by atoms with van der Waals surface area (Å²) in [5, 5.41) is 0. The molecule has 1 heterocycles. The molecule has 0 unspecified atom stereocenters. The lowest BCUT2D eigenvalue weighted by molar-refractivity contribution is -0.132. The van der Waals surface area contributed by atoms with E-state index in [9.17, 15) is 4.79 Å². The second kappa shape index (κ2) is 2.39. The van der Waals surface area contributed by atoms with Crippen molar-refractivity contribution >= 4 is 13.1 Å². The van der Waals surface area contributed by atoms with Crippen molar-refractivity contribution in [2.24, 2.45) is 0 Å². The normalized spacial score (nSPS) is 19.0. The van der Waals surface area contributed by atoms with Gasteiger partial charge in [-0.2, -0.15) is 0 Å². The highest BCUT2D eigenvalue weighted by Gasteiger charge is 2.33. The van der Waals surface area contributed by atoms with Crippen LogP contribution in [0.25, 0.3) is 0 Å². The van der Waals surface area contributed by atoms with Gasteiger partial charge in [0, 0.05) is 5.82 Å². The smallest absolute Gasteiger partial charge is 0.508 e. The van der Waals surface area contributed by atoms with Crippen molar-refractivity contribution in [1.82, 2.24) is 0 Å². The Labute approximate surface area is 54.5 Å². The number of carbonyl (C=O) groups excluding carboxylic acids is 1. The molecule has 1 rings (SSSR count). The van der Waals surface area contributed by atoms with Crippen molar-refractivity contribution in [2.45, 2.75) is 19.7 Å². The molecule has 0 aliphatic carbocycles. The van der Waals surface area contributed by atoms with Gasteiger partial charge >= 0.3 is 13.1 Å². The summed E-state index contributed by atoms with van der Waals surface area (Å²) in [7, 11) is -0.308. The number of hydrogen-bond donors (Lipinski definition) is 0. The summed E-state index contributed by atoms with van der Waals surface area (Å²) >= 11 is 0. The first-order chi connectivity index (χ1) is 4.20. The van der Waals surface area contributed by atoms with Crippen LogP contribution < -0.4 is 0 Å². The van der Waals surface area contributed by atoms with Crippen LogP contribution in [0.4, 0.5) is 0 Å². The lowest BCUT2D eigenvalue weighted by Crippen LogP contribution is -2.18. The summed E-state index contributed by atoms with van der Waals surface area (Å²) in [6, 6.07) is 0. The van der Waals surface area contributed by atoms with Crippen LogP contribution in [0.1, 0.15) is 13.8 Å². The van der Waals surface area contributed by atoms with Gasteiger partial charge in [-0.25, -0.2) is 0 Å². The number of carbonyl (C=O) groups is 1. The summed E-state index contributed by atoms with van der Waals surface area (Å²) in [5.41, 5.74) is 0. The summed E-state index contributed by atoms with van der Waals surface area (Å²) in [6.45, 7) is 4.01. The van der Waals surface area contributed by atoms with Crippen LogP contribution in [0.5, 0.6) is 0 Å². The standard InChI is InChI=1S/C5H9BO3/c1-4(2)6-8-3-5(7)9-6/h4H,3H2,1-2H3. The fourth-order valence-electron chi connectivity index (χ4n) is 0.676. The van der Waals surface area contributed by atoms with Crippen molar-refractivity contribution < 1.29 is 14.1 Å². The average Bonchev–Trinajstić information content (AvgIpc) is 2.14. The molecule has 0 atom stereocenters. The molecule has 50 valence electrons. The van der Waals surface area contributed by atoms with Gasteiger partial charge in [0.25, 0.3) is 0 Å². The minimum Gasteiger partial charge on any atom is -0.508 e. The van der Waals surface area contributed by atoms with E-state index in [1.165, 1.54) is 0 Å². The van der Waals surface area contributed by atoms with Gasteiger partial charge in [0.15, 0.2) is 0 Å². The molecule has 1 saturated heterocycles. The Bertz CT molecular complexity index is 123. The zero-order chi connectivity index (χ0) is 6.85. The van der Waals surface area contributed by atoms with E-state index in [0.717, 1.165) is 0 Å². The number of hydrogen-bond acceptors (Lipinski definition) is 3. The molecule has 0 aromatic carbocycles. The maximum absolute atomic E-state index is 10.4. The minimum absolute atomic E-state index is 0.114. The molecule has 4 heteroatoms. The van der Waals surface area contributed by atoms with E-state index in [1.54, 1.807) is 0 Å². The SMILES string of the molecule is CC(C)B1OCC(=O)O1. The van der Waals surface area contributed by atoms with Crippen LogP contribution in [0.2, 0.25) is 5.82 Å². The van der Waals surface area contributed by atoms with Crippen molar-refractivity contribution in [1.29, 1.82) is 0 Å². The third kappa shape index (κ3) is 1.45. The van der Waals surface area contributed by atoms with E-state index in [1.807, 2.05) is 13.8 Å². The molecule has 1 aliphatic rings. The maximum Gasteiger partial charge on any atom is 0.530 e. The first-order valence-corrected chi connectivity index (χ1v) is 3.01. The zero-order valence-corrected chi connectivity index (χ0v) is 5.59. The molecule has 1 aliphatic heterocycles. The van der Waals surface area contributed by atoms with Crippen LogP contribution >= 0.6 is 0 Å². The molecule has 0 bridgehead atoms. The Morgan fingerprint density at radius 1 is 1.67 bits per heavy atom. The molecule has 9 heavy (non-hydrogen) atoms. The molecule has 0 spiro atoms. The molecule has 3 nitrogen and oxygen atoms in total. The monoisotopic (exact) mass is 128 g/mol. The molecule has 0 aromatic heterocycles. The highest BCUT2D eigenvalue weighted by molar-refractivity contribution is 6.50. The van der Waals surface area contributed by atoms with Crippen LogP contribution in [0, 0.1) is 0 Å². The van der Waals surface area contributed by atoms with Crippen LogP contribution in [-0.2, 0) is 14.1 Å². The van der Waals surface area contributed by atoms with E-state index in [-0.39, 0.29) is 25.5 Å². The molecular formula is C5H9BO3. The third-order valence-electron chi connectivity index (χ3n) is 1.16. The van der Waals surface area contributed by atoms with Crippen LogP contribution in [-0.4, -0.2) is 19.7 Å². The van der Waals surface area contributed by atoms with Crippen molar-refractivity contribution in [3.8, 4) is 0 Å². The molecule has 0 amide bonds. The van der Waals surface area contributed by atoms with E-state index in [4.69, 9.17) is 9.31 Å². The first-order valence-electron chi connectivity index (χ1n) is 3.01. The van der Waals surface area contributed by atoms with Gasteiger partial charge in [0.2, 0.25) is 0 Å². The van der Waals surface area contributed by atoms with Crippen LogP contribution in [0.15, 0.2) is 0 Å². The van der Waals surface area contributed by atoms with Gasteiger partial charge < -0.3 is 9.31 Å². The Kier molecular flexibility index (Phi) is 1.76. The summed E-state index contributed by atoms with van der Waals surface area (Å²) in [5.74, 6) is 0.00477. The Morgan fingerprint density at radius 2 is 2.33 bits per heavy atom. The predicted molar refractivity (Wildman–Crippen MR) is 32.9 cm³/mol. The fraction of sp³-hybridized carbons (Fsp3) is 0.800. The Morgan fingerprint density at radius 3 is 2.56 bits per heavy atom. The predicted octanol–water partition coefficient (Wildman–Crippen LogP) is 0.458. The van der Waals surface area contributed by atoms with Crippen molar-refractivity contribution in [3.63, 3.8) is 0 Å². The van der Waals surface area contributed by atoms with Gasteiger partial charge in [0.1, 0.15) is 6.61 Å². The maximum atomic E-state index is 10.4. The van der Waals surface area contributed by atoms with Gasteiger partial charge in [-0.05, 0) is 0 Å². The second-order valence-corrected chi connectivity index (χ2v) is 2.41. The topological polar surface area (TPSA) is 35.5 Å². The minimum atomic E-state index is -0.308. The van der Waals surface area contributed by atoms with E-state index < -0.39 is 0 Å². The largest absolute Gasteiger partial charge is 0.530 e. The van der Waals surface area contributed by atoms with Gasteiger partial charge in [-0.3, -0.25) is 4.79 Å². The van der Waals surface area contributed by atoms with Crippen molar-refractivity contribution in [3.05, 3.63) is 0 Å². The number of rotatable bonds is 1. The van der Waals surface area contributed by atoms with Gasteiger partial charge in [-0.15, -0.1) is 0 Å². The molecule has 0 saturated carbocycles. The van der Waals surface area contributed by atoms with E-state index in [2.05, 4.69) is 0 Å². The van der Waals surface area contributed by atoms with Crippen LogP contribution in [0.3, 0.4) is 0 Å². The lowest BCUT2D eigenvalue weighted by Gasteiger charge is -2.03. The molecule has 0 aromatic rings. The third-order valence-corrected chi connectivity index (χ3v) is 1.16. The second-order valence-electron chi connectivity index (χ2n) is 2.41. The Hall–Kier alpha value is -0.505. The van der Waals surface area contributed by atoms with Gasteiger partial charge in [0.05, 0.1) is 0 Å². The average molecular weight is 128 g/mol. The molecular weight excluding hydrogens is 119 g/mol. The zero-order valence-electron chi connectivity index (χ0n) is 5.59. The summed E-state index contributed by atoms with van der Waals surface area (Å²) in [4.78, 5) is 10.4. The van der Waals surface area contributed by atoms with E-state index >= 15 is 0 Å². The molecule has 0 N–H and O–H groups in total. The summed E-state index contributed by atoms with van der Waals surface area (Å²) < 4.78 is 9.72. The van der Waals surface area contributed by atoms with Gasteiger partial charge in [-0.1, -0.05) is 13.8 Å². The molecule has 1 fully saturated rings. The quantitative estimate of drug-likeness (QED) is 0.481. The Balaban J connectivity index is 2.39. The van der Waals surface area contributed by atoms with E-state index in [0.29, 0.717) is 0 Å². The molecule has 0 radical (unpaired) electrons.